The first-order chi connectivity index (χ1) is 9.62. The Bertz CT molecular complexity index is 369. The maximum Gasteiger partial charge on any atom is 0.193 e. The van der Waals surface area contributed by atoms with Crippen LogP contribution in [0.4, 0.5) is 0 Å². The van der Waals surface area contributed by atoms with E-state index >= 15 is 0 Å². The van der Waals surface area contributed by atoms with Gasteiger partial charge in [0.1, 0.15) is 0 Å². The lowest BCUT2D eigenvalue weighted by Crippen LogP contribution is -2.40. The molecule has 0 spiro atoms. The summed E-state index contributed by atoms with van der Waals surface area (Å²) in [7, 11) is -1.71. The molecule has 2 nitrogen and oxygen atoms in total. The van der Waals surface area contributed by atoms with E-state index in [4.69, 9.17) is 4.43 Å². The van der Waals surface area contributed by atoms with E-state index in [0.29, 0.717) is 6.61 Å². The summed E-state index contributed by atoms with van der Waals surface area (Å²) in [5.74, 6) is 6.11. The fourth-order valence-electron chi connectivity index (χ4n) is 1.45. The molecule has 0 unspecified atom stereocenters. The van der Waals surface area contributed by atoms with Crippen LogP contribution in [0.15, 0.2) is 12.2 Å². The van der Waals surface area contributed by atoms with Crippen LogP contribution in [-0.4, -0.2) is 26.1 Å². The highest BCUT2D eigenvalue weighted by atomic mass is 28.4. The van der Waals surface area contributed by atoms with Gasteiger partial charge < -0.3 is 9.53 Å². The van der Waals surface area contributed by atoms with Crippen molar-refractivity contribution in [3.8, 4) is 11.8 Å². The SMILES string of the molecule is CCCC/C=C/[C@@H](O)[C@@H](C)C#CCO[Si](C)(C)C(C)(C)C. The molecule has 0 bridgehead atoms. The summed E-state index contributed by atoms with van der Waals surface area (Å²) in [6.45, 7) is 15.7. The molecule has 21 heavy (non-hydrogen) atoms. The number of aliphatic hydroxyl groups excluding tert-OH is 1. The zero-order chi connectivity index (χ0) is 16.5. The van der Waals surface area contributed by atoms with Crippen LogP contribution >= 0.6 is 0 Å². The van der Waals surface area contributed by atoms with E-state index in [2.05, 4.69) is 58.7 Å². The van der Waals surface area contributed by atoms with E-state index in [1.165, 1.54) is 12.8 Å². The monoisotopic (exact) mass is 310 g/mol. The molecule has 0 amide bonds. The van der Waals surface area contributed by atoms with Crippen LogP contribution in [0, 0.1) is 17.8 Å². The molecule has 0 rings (SSSR count). The number of rotatable bonds is 7. The average Bonchev–Trinajstić information content (AvgIpc) is 2.37. The molecule has 0 aromatic rings. The van der Waals surface area contributed by atoms with Crippen molar-refractivity contribution in [1.82, 2.24) is 0 Å². The fourth-order valence-corrected chi connectivity index (χ4v) is 2.31. The van der Waals surface area contributed by atoms with Crippen molar-refractivity contribution < 1.29 is 9.53 Å². The van der Waals surface area contributed by atoms with E-state index in [0.717, 1.165) is 6.42 Å². The summed E-state index contributed by atoms with van der Waals surface area (Å²) in [5.41, 5.74) is 0. The Balaban J connectivity index is 4.24. The van der Waals surface area contributed by atoms with Gasteiger partial charge in [-0.3, -0.25) is 0 Å². The van der Waals surface area contributed by atoms with Crippen molar-refractivity contribution in [2.24, 2.45) is 5.92 Å². The first-order valence-corrected chi connectivity index (χ1v) is 11.0. The molecule has 0 aliphatic heterocycles. The molecular weight excluding hydrogens is 276 g/mol. The second-order valence-corrected chi connectivity index (χ2v) is 12.0. The average molecular weight is 311 g/mol. The second-order valence-electron chi connectivity index (χ2n) is 7.22. The van der Waals surface area contributed by atoms with Crippen LogP contribution in [0.25, 0.3) is 0 Å². The molecule has 1 N–H and O–H groups in total. The zero-order valence-electron chi connectivity index (χ0n) is 15.0. The van der Waals surface area contributed by atoms with Crippen LogP contribution in [0.5, 0.6) is 0 Å². The lowest BCUT2D eigenvalue weighted by Gasteiger charge is -2.35. The van der Waals surface area contributed by atoms with E-state index in [1.807, 2.05) is 13.0 Å². The minimum absolute atomic E-state index is 0.0501. The Morgan fingerprint density at radius 3 is 2.43 bits per heavy atom. The van der Waals surface area contributed by atoms with Crippen molar-refractivity contribution in [2.75, 3.05) is 6.61 Å². The number of hydrogen-bond donors (Lipinski definition) is 1. The Hall–Kier alpha value is -0.563. The van der Waals surface area contributed by atoms with E-state index < -0.39 is 14.4 Å². The topological polar surface area (TPSA) is 29.5 Å². The van der Waals surface area contributed by atoms with Gasteiger partial charge in [0.15, 0.2) is 8.32 Å². The first kappa shape index (κ1) is 20.4. The molecule has 2 atom stereocenters. The third kappa shape index (κ3) is 8.46. The predicted octanol–water partition coefficient (Wildman–Crippen LogP) is 4.76. The molecule has 0 aromatic carbocycles. The quantitative estimate of drug-likeness (QED) is 0.318. The second kappa shape index (κ2) is 9.45. The summed E-state index contributed by atoms with van der Waals surface area (Å²) in [5, 5.41) is 10.2. The minimum Gasteiger partial charge on any atom is -0.406 e. The Labute approximate surface area is 133 Å². The van der Waals surface area contributed by atoms with Crippen LogP contribution in [0.1, 0.15) is 53.9 Å². The molecule has 0 aliphatic carbocycles. The highest BCUT2D eigenvalue weighted by Crippen LogP contribution is 2.36. The number of hydrogen-bond acceptors (Lipinski definition) is 2. The highest BCUT2D eigenvalue weighted by molar-refractivity contribution is 6.74. The maximum absolute atomic E-state index is 9.98. The van der Waals surface area contributed by atoms with Crippen molar-refractivity contribution in [1.29, 1.82) is 0 Å². The van der Waals surface area contributed by atoms with Gasteiger partial charge in [0, 0.05) is 5.92 Å². The summed E-state index contributed by atoms with van der Waals surface area (Å²) >= 11 is 0. The van der Waals surface area contributed by atoms with E-state index in [1.54, 1.807) is 0 Å². The molecule has 0 saturated carbocycles. The van der Waals surface area contributed by atoms with Crippen LogP contribution in [0.3, 0.4) is 0 Å². The van der Waals surface area contributed by atoms with E-state index in [-0.39, 0.29) is 11.0 Å². The standard InChI is InChI=1S/C18H34O2Si/c1-8-9-10-11-14-17(19)16(2)13-12-15-20-21(6,7)18(3,4)5/h11,14,16-17,19H,8-10,15H2,1-7H3/b14-11+/t16-,17+/m0/s1. The van der Waals surface area contributed by atoms with E-state index in [9.17, 15) is 5.11 Å². The van der Waals surface area contributed by atoms with Gasteiger partial charge in [-0.2, -0.15) is 0 Å². The van der Waals surface area contributed by atoms with Crippen LogP contribution in [0.2, 0.25) is 18.1 Å². The van der Waals surface area contributed by atoms with Gasteiger partial charge in [0.05, 0.1) is 12.7 Å². The molecule has 0 fully saturated rings. The molecule has 0 saturated heterocycles. The number of aliphatic hydroxyl groups is 1. The molecule has 0 aromatic heterocycles. The molecule has 0 heterocycles. The van der Waals surface area contributed by atoms with Gasteiger partial charge >= 0.3 is 0 Å². The number of allylic oxidation sites excluding steroid dienone is 1. The molecule has 0 radical (unpaired) electrons. The van der Waals surface area contributed by atoms with Crippen LogP contribution in [-0.2, 0) is 4.43 Å². The molecule has 122 valence electrons. The van der Waals surface area contributed by atoms with Crippen LogP contribution < -0.4 is 0 Å². The van der Waals surface area contributed by atoms with Crippen molar-refractivity contribution >= 4 is 8.32 Å². The Kier molecular flexibility index (Phi) is 9.20. The third-order valence-corrected chi connectivity index (χ3v) is 8.69. The Morgan fingerprint density at radius 2 is 1.90 bits per heavy atom. The zero-order valence-corrected chi connectivity index (χ0v) is 16.0. The summed E-state index contributed by atoms with van der Waals surface area (Å²) in [6, 6.07) is 0. The molecule has 3 heteroatoms. The molecule has 0 aliphatic rings. The molecular formula is C18H34O2Si. The van der Waals surface area contributed by atoms with Gasteiger partial charge in [-0.05, 0) is 31.5 Å². The number of unbranched alkanes of at least 4 members (excludes halogenated alkanes) is 2. The third-order valence-electron chi connectivity index (χ3n) is 4.21. The largest absolute Gasteiger partial charge is 0.406 e. The normalized spacial score (nSPS) is 15.6. The lowest BCUT2D eigenvalue weighted by molar-refractivity contribution is 0.189. The van der Waals surface area contributed by atoms with Gasteiger partial charge in [0.2, 0.25) is 0 Å². The lowest BCUT2D eigenvalue weighted by atomic mass is 10.0. The minimum atomic E-state index is -1.71. The fraction of sp³-hybridized carbons (Fsp3) is 0.778. The highest BCUT2D eigenvalue weighted by Gasteiger charge is 2.36. The predicted molar refractivity (Wildman–Crippen MR) is 94.8 cm³/mol. The summed E-state index contributed by atoms with van der Waals surface area (Å²) in [6.07, 6.45) is 6.82. The van der Waals surface area contributed by atoms with Gasteiger partial charge in [-0.1, -0.05) is 64.5 Å². The summed E-state index contributed by atoms with van der Waals surface area (Å²) in [4.78, 5) is 0. The van der Waals surface area contributed by atoms with Gasteiger partial charge in [-0.25, -0.2) is 0 Å². The van der Waals surface area contributed by atoms with Gasteiger partial charge in [-0.15, -0.1) is 0 Å². The summed E-state index contributed by atoms with van der Waals surface area (Å²) < 4.78 is 6.00. The Morgan fingerprint density at radius 1 is 1.29 bits per heavy atom. The van der Waals surface area contributed by atoms with Crippen molar-refractivity contribution in [2.45, 2.75) is 78.1 Å². The van der Waals surface area contributed by atoms with Crippen molar-refractivity contribution in [3.63, 3.8) is 0 Å². The van der Waals surface area contributed by atoms with Crippen molar-refractivity contribution in [3.05, 3.63) is 12.2 Å². The first-order valence-electron chi connectivity index (χ1n) is 8.09. The smallest absolute Gasteiger partial charge is 0.193 e. The maximum atomic E-state index is 9.98. The van der Waals surface area contributed by atoms with Gasteiger partial charge in [0.25, 0.3) is 0 Å².